The summed E-state index contributed by atoms with van der Waals surface area (Å²) in [5.41, 5.74) is 0.804. The number of aromatic amines is 1. The Labute approximate surface area is 149 Å². The van der Waals surface area contributed by atoms with Crippen molar-refractivity contribution in [2.75, 3.05) is 13.7 Å². The minimum absolute atomic E-state index is 0.0825. The molecule has 0 unspecified atom stereocenters. The molecule has 134 valence electrons. The molecule has 0 radical (unpaired) electrons. The molecular formula is C17H18N6O3. The second-order valence-corrected chi connectivity index (χ2v) is 5.58. The molecule has 9 nitrogen and oxygen atoms in total. The maximum absolute atomic E-state index is 12.5. The zero-order chi connectivity index (χ0) is 18.5. The van der Waals surface area contributed by atoms with Crippen LogP contribution in [0.2, 0.25) is 0 Å². The highest BCUT2D eigenvalue weighted by Crippen LogP contribution is 2.13. The van der Waals surface area contributed by atoms with Gasteiger partial charge in [-0.3, -0.25) is 19.3 Å². The van der Waals surface area contributed by atoms with Crippen LogP contribution in [0, 0.1) is 0 Å². The molecule has 3 heterocycles. The van der Waals surface area contributed by atoms with Gasteiger partial charge in [-0.1, -0.05) is 0 Å². The average molecular weight is 354 g/mol. The van der Waals surface area contributed by atoms with E-state index in [0.717, 1.165) is 5.69 Å². The molecule has 3 rings (SSSR count). The number of amides is 1. The number of aromatic nitrogens is 5. The summed E-state index contributed by atoms with van der Waals surface area (Å²) in [6.45, 7) is 0.240. The van der Waals surface area contributed by atoms with Crippen molar-refractivity contribution in [3.63, 3.8) is 0 Å². The van der Waals surface area contributed by atoms with E-state index in [0.29, 0.717) is 11.4 Å². The van der Waals surface area contributed by atoms with Crippen LogP contribution in [0.4, 0.5) is 0 Å². The normalized spacial score (nSPS) is 11.9. The van der Waals surface area contributed by atoms with Crippen molar-refractivity contribution in [2.45, 2.75) is 6.04 Å². The number of nitrogens with zero attached hydrogens (tertiary/aromatic N) is 4. The summed E-state index contributed by atoms with van der Waals surface area (Å²) in [5.74, 6) is -0.195. The number of methoxy groups -OCH3 is 1. The second-order valence-electron chi connectivity index (χ2n) is 5.58. The summed E-state index contributed by atoms with van der Waals surface area (Å²) in [5, 5.41) is 6.87. The van der Waals surface area contributed by atoms with Crippen LogP contribution < -0.4 is 10.9 Å². The Balaban J connectivity index is 1.83. The lowest BCUT2D eigenvalue weighted by atomic mass is 10.2. The van der Waals surface area contributed by atoms with Crippen LogP contribution in [0.1, 0.15) is 22.1 Å². The molecule has 0 fully saturated rings. The highest BCUT2D eigenvalue weighted by atomic mass is 16.5. The zero-order valence-corrected chi connectivity index (χ0v) is 14.3. The Morgan fingerprint density at radius 2 is 2.19 bits per heavy atom. The minimum Gasteiger partial charge on any atom is -0.382 e. The van der Waals surface area contributed by atoms with E-state index < -0.39 is 17.5 Å². The molecule has 1 amide bonds. The number of hydrogen-bond acceptors (Lipinski definition) is 6. The highest BCUT2D eigenvalue weighted by Gasteiger charge is 2.20. The fourth-order valence-corrected chi connectivity index (χ4v) is 2.54. The third-order valence-corrected chi connectivity index (χ3v) is 3.83. The van der Waals surface area contributed by atoms with Crippen molar-refractivity contribution in [3.05, 3.63) is 64.6 Å². The van der Waals surface area contributed by atoms with Gasteiger partial charge in [0.25, 0.3) is 11.5 Å². The van der Waals surface area contributed by atoms with Gasteiger partial charge in [-0.25, -0.2) is 4.98 Å². The van der Waals surface area contributed by atoms with E-state index in [4.69, 9.17) is 4.74 Å². The molecule has 0 spiro atoms. The maximum atomic E-state index is 12.5. The number of carbonyl (C=O) groups excluding carboxylic acids is 1. The molecule has 0 saturated heterocycles. The van der Waals surface area contributed by atoms with Crippen molar-refractivity contribution >= 4 is 5.91 Å². The largest absolute Gasteiger partial charge is 0.382 e. The summed E-state index contributed by atoms with van der Waals surface area (Å²) in [6.07, 6.45) is 6.08. The molecule has 3 aromatic rings. The van der Waals surface area contributed by atoms with Gasteiger partial charge in [-0.05, 0) is 18.2 Å². The quantitative estimate of drug-likeness (QED) is 0.673. The summed E-state index contributed by atoms with van der Waals surface area (Å²) in [6, 6.07) is 4.83. The lowest BCUT2D eigenvalue weighted by Gasteiger charge is -2.18. The Morgan fingerprint density at radius 1 is 1.35 bits per heavy atom. The number of pyridine rings is 1. The molecular weight excluding hydrogens is 336 g/mol. The molecule has 0 aliphatic heterocycles. The molecule has 2 N–H and O–H groups in total. The number of ether oxygens (including phenoxy) is 1. The van der Waals surface area contributed by atoms with Crippen LogP contribution in [0.3, 0.4) is 0 Å². The first-order chi connectivity index (χ1) is 12.6. The predicted octanol–water partition coefficient (Wildman–Crippen LogP) is 0.683. The molecule has 1 atom stereocenters. The maximum Gasteiger partial charge on any atom is 0.264 e. The number of rotatable bonds is 6. The molecule has 0 saturated carbocycles. The van der Waals surface area contributed by atoms with Gasteiger partial charge in [0.15, 0.2) is 0 Å². The van der Waals surface area contributed by atoms with Gasteiger partial charge in [-0.2, -0.15) is 5.10 Å². The Morgan fingerprint density at radius 3 is 2.81 bits per heavy atom. The topological polar surface area (TPSA) is 115 Å². The summed E-state index contributed by atoms with van der Waals surface area (Å²) >= 11 is 0. The third-order valence-electron chi connectivity index (χ3n) is 3.83. The monoisotopic (exact) mass is 354 g/mol. The number of carbonyl (C=O) groups is 1. The average Bonchev–Trinajstić information content (AvgIpc) is 3.07. The van der Waals surface area contributed by atoms with E-state index in [1.54, 1.807) is 48.5 Å². The second kappa shape index (κ2) is 7.70. The smallest absolute Gasteiger partial charge is 0.264 e. The fourth-order valence-electron chi connectivity index (χ4n) is 2.54. The van der Waals surface area contributed by atoms with Gasteiger partial charge in [0.1, 0.15) is 11.4 Å². The summed E-state index contributed by atoms with van der Waals surface area (Å²) < 4.78 is 6.80. The highest BCUT2D eigenvalue weighted by molar-refractivity contribution is 5.93. The van der Waals surface area contributed by atoms with Crippen molar-refractivity contribution in [1.82, 2.24) is 30.0 Å². The Kier molecular flexibility index (Phi) is 5.18. The van der Waals surface area contributed by atoms with Crippen LogP contribution in [0.15, 0.2) is 47.8 Å². The van der Waals surface area contributed by atoms with Gasteiger partial charge in [0, 0.05) is 44.5 Å². The minimum atomic E-state index is -0.542. The van der Waals surface area contributed by atoms with Crippen molar-refractivity contribution < 1.29 is 9.53 Å². The molecule has 9 heteroatoms. The third kappa shape index (κ3) is 3.67. The number of aryl methyl sites for hydroxylation is 1. The Bertz CT molecular complexity index is 950. The standard InChI is InChI=1S/C17H18N6O3/c1-23-14(5-7-20-23)13(10-26-2)21-16(24)12-9-19-15(22-17(12)25)11-4-3-6-18-8-11/h3-9,13H,10H2,1-2H3,(H,21,24)(H,19,22,25)/t13-/m1/s1. The first-order valence-corrected chi connectivity index (χ1v) is 7.87. The van der Waals surface area contributed by atoms with Gasteiger partial charge in [0.2, 0.25) is 0 Å². The first-order valence-electron chi connectivity index (χ1n) is 7.87. The van der Waals surface area contributed by atoms with Gasteiger partial charge in [0.05, 0.1) is 18.3 Å². The molecule has 0 aromatic carbocycles. The SMILES string of the molecule is COC[C@@H](NC(=O)c1cnc(-c2cccnc2)[nH]c1=O)c1ccnn1C. The van der Waals surface area contributed by atoms with E-state index in [-0.39, 0.29) is 12.2 Å². The predicted molar refractivity (Wildman–Crippen MR) is 93.4 cm³/mol. The van der Waals surface area contributed by atoms with E-state index in [1.807, 2.05) is 0 Å². The molecule has 0 aliphatic rings. The lowest BCUT2D eigenvalue weighted by Crippen LogP contribution is -2.36. The van der Waals surface area contributed by atoms with Crippen LogP contribution in [0.5, 0.6) is 0 Å². The Hall–Kier alpha value is -3.33. The van der Waals surface area contributed by atoms with Gasteiger partial charge >= 0.3 is 0 Å². The van der Waals surface area contributed by atoms with E-state index >= 15 is 0 Å². The number of H-pyrrole nitrogens is 1. The molecule has 26 heavy (non-hydrogen) atoms. The van der Waals surface area contributed by atoms with Crippen LogP contribution in [-0.4, -0.2) is 44.4 Å². The zero-order valence-electron chi connectivity index (χ0n) is 14.3. The van der Waals surface area contributed by atoms with Crippen LogP contribution in [-0.2, 0) is 11.8 Å². The van der Waals surface area contributed by atoms with Crippen LogP contribution in [0.25, 0.3) is 11.4 Å². The number of nitrogens with one attached hydrogen (secondary N) is 2. The lowest BCUT2D eigenvalue weighted by molar-refractivity contribution is 0.0890. The van der Waals surface area contributed by atoms with E-state index in [9.17, 15) is 9.59 Å². The molecule has 0 aliphatic carbocycles. The summed E-state index contributed by atoms with van der Waals surface area (Å²) in [4.78, 5) is 35.6. The fraction of sp³-hybridized carbons (Fsp3) is 0.235. The van der Waals surface area contributed by atoms with Crippen molar-refractivity contribution in [1.29, 1.82) is 0 Å². The summed E-state index contributed by atoms with van der Waals surface area (Å²) in [7, 11) is 3.30. The van der Waals surface area contributed by atoms with E-state index in [1.165, 1.54) is 13.3 Å². The van der Waals surface area contributed by atoms with Gasteiger partial charge in [-0.15, -0.1) is 0 Å². The first kappa shape index (κ1) is 17.5. The number of hydrogen-bond donors (Lipinski definition) is 2. The van der Waals surface area contributed by atoms with Crippen molar-refractivity contribution in [2.24, 2.45) is 7.05 Å². The van der Waals surface area contributed by atoms with E-state index in [2.05, 4.69) is 25.4 Å². The van der Waals surface area contributed by atoms with Crippen LogP contribution >= 0.6 is 0 Å². The molecule has 0 bridgehead atoms. The molecule has 3 aromatic heterocycles. The van der Waals surface area contributed by atoms with Gasteiger partial charge < -0.3 is 15.0 Å². The van der Waals surface area contributed by atoms with Crippen molar-refractivity contribution in [3.8, 4) is 11.4 Å².